The van der Waals surface area contributed by atoms with Crippen LogP contribution in [0, 0.1) is 5.92 Å². The molecule has 1 aliphatic heterocycles. The monoisotopic (exact) mass is 461 g/mol. The van der Waals surface area contributed by atoms with E-state index < -0.39 is 10.0 Å². The highest BCUT2D eigenvalue weighted by molar-refractivity contribution is 7.89. The quantitative estimate of drug-likeness (QED) is 0.690. The largest absolute Gasteiger partial charge is 0.339 e. The first-order valence-corrected chi connectivity index (χ1v) is 12.2. The zero-order chi connectivity index (χ0) is 22.0. The van der Waals surface area contributed by atoms with Crippen LogP contribution in [0.15, 0.2) is 53.4 Å². The van der Waals surface area contributed by atoms with Gasteiger partial charge in [-0.15, -0.1) is 0 Å². The Morgan fingerprint density at radius 3 is 2.29 bits per heavy atom. The zero-order valence-corrected chi connectivity index (χ0v) is 18.5. The van der Waals surface area contributed by atoms with Crippen molar-refractivity contribution in [3.63, 3.8) is 0 Å². The molecule has 0 radical (unpaired) electrons. The number of amides is 2. The number of hydrogen-bond donors (Lipinski definition) is 2. The van der Waals surface area contributed by atoms with Gasteiger partial charge in [0.2, 0.25) is 15.9 Å². The van der Waals surface area contributed by atoms with E-state index in [9.17, 15) is 18.0 Å². The van der Waals surface area contributed by atoms with Crippen molar-refractivity contribution in [3.8, 4) is 0 Å². The average molecular weight is 462 g/mol. The highest BCUT2D eigenvalue weighted by atomic mass is 35.5. The number of piperidine rings is 1. The molecule has 2 amide bonds. The number of hydrogen-bond acceptors (Lipinski definition) is 4. The van der Waals surface area contributed by atoms with Gasteiger partial charge in [-0.3, -0.25) is 9.59 Å². The van der Waals surface area contributed by atoms with E-state index in [0.29, 0.717) is 25.9 Å². The van der Waals surface area contributed by atoms with Crippen LogP contribution in [0.4, 0.5) is 5.69 Å². The summed E-state index contributed by atoms with van der Waals surface area (Å²) in [6.45, 7) is 0.855. The second-order valence-electron chi connectivity index (χ2n) is 7.96. The predicted octanol–water partition coefficient (Wildman–Crippen LogP) is 3.27. The predicted molar refractivity (Wildman–Crippen MR) is 118 cm³/mol. The second-order valence-corrected chi connectivity index (χ2v) is 10.1. The van der Waals surface area contributed by atoms with Crippen LogP contribution in [0.5, 0.6) is 0 Å². The number of para-hydroxylation sites is 1. The van der Waals surface area contributed by atoms with Crippen molar-refractivity contribution in [2.45, 2.75) is 36.6 Å². The fourth-order valence-electron chi connectivity index (χ4n) is 3.62. The van der Waals surface area contributed by atoms with Gasteiger partial charge in [0.05, 0.1) is 5.02 Å². The van der Waals surface area contributed by atoms with E-state index in [4.69, 9.17) is 11.6 Å². The number of carbonyl (C=O) groups excluding carboxylic acids is 2. The van der Waals surface area contributed by atoms with Gasteiger partial charge in [-0.2, -0.15) is 0 Å². The van der Waals surface area contributed by atoms with Crippen molar-refractivity contribution >= 4 is 39.1 Å². The summed E-state index contributed by atoms with van der Waals surface area (Å²) in [7, 11) is -3.77. The molecule has 0 spiro atoms. The Kier molecular flexibility index (Phi) is 6.31. The summed E-state index contributed by atoms with van der Waals surface area (Å²) in [4.78, 5) is 27.0. The van der Waals surface area contributed by atoms with E-state index in [0.717, 1.165) is 18.5 Å². The van der Waals surface area contributed by atoms with E-state index in [1.54, 1.807) is 4.90 Å². The number of benzene rings is 2. The van der Waals surface area contributed by atoms with Gasteiger partial charge >= 0.3 is 0 Å². The molecule has 164 valence electrons. The number of nitrogens with zero attached hydrogens (tertiary/aromatic N) is 1. The number of anilines is 1. The summed E-state index contributed by atoms with van der Waals surface area (Å²) in [5.41, 5.74) is 1.02. The Bertz CT molecular complexity index is 1080. The van der Waals surface area contributed by atoms with Gasteiger partial charge in [0.25, 0.3) is 5.91 Å². The molecule has 2 aromatic rings. The third-order valence-corrected chi connectivity index (χ3v) is 7.56. The maximum Gasteiger partial charge on any atom is 0.253 e. The lowest BCUT2D eigenvalue weighted by molar-refractivity contribution is -0.121. The van der Waals surface area contributed by atoms with Crippen molar-refractivity contribution in [1.29, 1.82) is 0 Å². The first kappa shape index (κ1) is 21.8. The molecule has 0 aromatic heterocycles. The van der Waals surface area contributed by atoms with E-state index >= 15 is 0 Å². The number of rotatable bonds is 6. The van der Waals surface area contributed by atoms with Crippen LogP contribution in [0.2, 0.25) is 5.02 Å². The molecule has 1 saturated carbocycles. The molecule has 4 rings (SSSR count). The molecular weight excluding hydrogens is 438 g/mol. The second kappa shape index (κ2) is 8.98. The van der Waals surface area contributed by atoms with Gasteiger partial charge in [-0.25, -0.2) is 13.1 Å². The highest BCUT2D eigenvalue weighted by Crippen LogP contribution is 2.28. The van der Waals surface area contributed by atoms with Crippen LogP contribution in [0.3, 0.4) is 0 Å². The smallest absolute Gasteiger partial charge is 0.253 e. The van der Waals surface area contributed by atoms with Gasteiger partial charge in [-0.1, -0.05) is 29.8 Å². The summed E-state index contributed by atoms with van der Waals surface area (Å²) in [6.07, 6.45) is 2.71. The lowest BCUT2D eigenvalue weighted by Gasteiger charge is -2.31. The average Bonchev–Trinajstić information content (AvgIpc) is 3.57. The molecule has 1 heterocycles. The number of halogens is 1. The number of carbonyl (C=O) groups is 2. The minimum absolute atomic E-state index is 0.0516. The van der Waals surface area contributed by atoms with Crippen LogP contribution < -0.4 is 10.0 Å². The molecule has 2 aliphatic rings. The lowest BCUT2D eigenvalue weighted by Crippen LogP contribution is -2.41. The van der Waals surface area contributed by atoms with Crippen LogP contribution >= 0.6 is 11.6 Å². The minimum atomic E-state index is -3.77. The summed E-state index contributed by atoms with van der Waals surface area (Å²) < 4.78 is 27.7. The summed E-state index contributed by atoms with van der Waals surface area (Å²) in [5, 5.41) is 2.99. The molecule has 1 saturated heterocycles. The molecule has 2 fully saturated rings. The molecular formula is C22H24ClN3O4S. The highest BCUT2D eigenvalue weighted by Gasteiger charge is 2.31. The Hall–Kier alpha value is -2.42. The van der Waals surface area contributed by atoms with E-state index in [-0.39, 0.29) is 39.3 Å². The van der Waals surface area contributed by atoms with Crippen LogP contribution in [-0.4, -0.2) is 44.3 Å². The molecule has 1 aliphatic carbocycles. The van der Waals surface area contributed by atoms with Crippen molar-refractivity contribution in [3.05, 3.63) is 59.1 Å². The topological polar surface area (TPSA) is 95.6 Å². The zero-order valence-electron chi connectivity index (χ0n) is 16.9. The molecule has 0 bridgehead atoms. The van der Waals surface area contributed by atoms with Gasteiger partial charge in [0.1, 0.15) is 4.90 Å². The summed E-state index contributed by atoms with van der Waals surface area (Å²) >= 11 is 6.11. The Labute approximate surface area is 186 Å². The first-order valence-electron chi connectivity index (χ1n) is 10.3. The molecule has 9 heteroatoms. The van der Waals surface area contributed by atoms with Crippen LogP contribution in [0.25, 0.3) is 0 Å². The van der Waals surface area contributed by atoms with E-state index in [1.807, 2.05) is 30.3 Å². The molecule has 31 heavy (non-hydrogen) atoms. The van der Waals surface area contributed by atoms with Gasteiger partial charge < -0.3 is 10.2 Å². The van der Waals surface area contributed by atoms with Crippen LogP contribution in [-0.2, 0) is 14.8 Å². The molecule has 0 atom stereocenters. The normalized spacial score (nSPS) is 17.4. The fraction of sp³-hybridized carbons (Fsp3) is 0.364. The number of likely N-dealkylation sites (tertiary alicyclic amines) is 1. The molecule has 2 N–H and O–H groups in total. The van der Waals surface area contributed by atoms with Gasteiger partial charge in [0, 0.05) is 36.3 Å². The first-order chi connectivity index (χ1) is 14.8. The maximum absolute atomic E-state index is 13.0. The third kappa shape index (κ3) is 5.26. The Balaban J connectivity index is 1.39. The van der Waals surface area contributed by atoms with Crippen molar-refractivity contribution in [2.24, 2.45) is 5.92 Å². The van der Waals surface area contributed by atoms with E-state index in [2.05, 4.69) is 10.0 Å². The third-order valence-electron chi connectivity index (χ3n) is 5.56. The Morgan fingerprint density at radius 2 is 1.65 bits per heavy atom. The van der Waals surface area contributed by atoms with Crippen molar-refractivity contribution in [2.75, 3.05) is 18.4 Å². The number of sulfonamides is 1. The number of nitrogens with one attached hydrogen (secondary N) is 2. The molecule has 7 nitrogen and oxygen atoms in total. The van der Waals surface area contributed by atoms with Crippen molar-refractivity contribution < 1.29 is 18.0 Å². The SMILES string of the molecule is O=C(Nc1ccccc1)C1CCN(C(=O)c2ccc(Cl)c(S(=O)(=O)NC3CC3)c2)CC1. The minimum Gasteiger partial charge on any atom is -0.339 e. The van der Waals surface area contributed by atoms with Crippen molar-refractivity contribution in [1.82, 2.24) is 9.62 Å². The molecule has 0 unspecified atom stereocenters. The molecule has 2 aromatic carbocycles. The standard InChI is InChI=1S/C22H24ClN3O4S/c23-19-9-6-16(14-20(19)31(29,30)25-18-7-8-18)22(28)26-12-10-15(11-13-26)21(27)24-17-4-2-1-3-5-17/h1-6,9,14-15,18,25H,7-8,10-13H2,(H,24,27). The summed E-state index contributed by atoms with van der Waals surface area (Å²) in [5.74, 6) is -0.487. The van der Waals surface area contributed by atoms with Gasteiger partial charge in [-0.05, 0) is 56.0 Å². The lowest BCUT2D eigenvalue weighted by atomic mass is 9.95. The van der Waals surface area contributed by atoms with Crippen LogP contribution in [0.1, 0.15) is 36.0 Å². The maximum atomic E-state index is 13.0. The van der Waals surface area contributed by atoms with E-state index in [1.165, 1.54) is 18.2 Å². The fourth-order valence-corrected chi connectivity index (χ4v) is 5.45. The Morgan fingerprint density at radius 1 is 0.968 bits per heavy atom. The van der Waals surface area contributed by atoms with Gasteiger partial charge in [0.15, 0.2) is 0 Å². The summed E-state index contributed by atoms with van der Waals surface area (Å²) in [6, 6.07) is 13.5.